The Morgan fingerprint density at radius 3 is 1.27 bits per heavy atom. The molecule has 0 radical (unpaired) electrons. The van der Waals surface area contributed by atoms with Crippen LogP contribution in [0.2, 0.25) is 0 Å². The Morgan fingerprint density at radius 1 is 0.508 bits per heavy atom. The molecule has 0 amide bonds. The molecular formula is C42H28F9N6O3S3+. The number of aryl methyl sites for hydroxylation is 3. The van der Waals surface area contributed by atoms with E-state index in [1.807, 2.05) is 0 Å². The fourth-order valence-corrected chi connectivity index (χ4v) is 8.76. The van der Waals surface area contributed by atoms with Crippen molar-refractivity contribution in [3.8, 4) is 65.6 Å². The Hall–Kier alpha value is -6.45. The molecule has 9 rings (SSSR count). The number of aromatic nitrogens is 6. The fourth-order valence-electron chi connectivity index (χ4n) is 5.84. The van der Waals surface area contributed by atoms with Crippen molar-refractivity contribution in [3.63, 3.8) is 0 Å². The van der Waals surface area contributed by atoms with Crippen molar-refractivity contribution in [3.05, 3.63) is 142 Å². The highest BCUT2D eigenvalue weighted by Gasteiger charge is 2.39. The van der Waals surface area contributed by atoms with Crippen LogP contribution in [0.5, 0.6) is 0 Å². The molecule has 9 nitrogen and oxygen atoms in total. The van der Waals surface area contributed by atoms with E-state index in [2.05, 4.69) is 25.3 Å². The first-order valence-corrected chi connectivity index (χ1v) is 20.5. The summed E-state index contributed by atoms with van der Waals surface area (Å²) in [6.45, 7) is 3.20. The van der Waals surface area contributed by atoms with E-state index in [0.717, 1.165) is 0 Å². The maximum absolute atomic E-state index is 13.2. The Kier molecular flexibility index (Phi) is 12.8. The van der Waals surface area contributed by atoms with Crippen molar-refractivity contribution in [1.29, 1.82) is 0 Å². The van der Waals surface area contributed by atoms with Crippen molar-refractivity contribution in [2.24, 2.45) is 7.05 Å². The van der Waals surface area contributed by atoms with Crippen LogP contribution in [0.1, 0.15) is 26.3 Å². The number of benzene rings is 3. The van der Waals surface area contributed by atoms with Crippen molar-refractivity contribution < 1.29 is 57.8 Å². The zero-order valence-electron chi connectivity index (χ0n) is 32.5. The number of hydrogen-bond acceptors (Lipinski definition) is 11. The monoisotopic (exact) mass is 931 g/mol. The molecule has 21 heteroatoms. The van der Waals surface area contributed by atoms with Crippen LogP contribution in [0, 0.1) is 13.8 Å². The number of nitrogens with zero attached hydrogens (tertiary/aromatic N) is 6. The smallest absolute Gasteiger partial charge is 0.339 e. The Morgan fingerprint density at radius 2 is 0.921 bits per heavy atom. The van der Waals surface area contributed by atoms with Crippen LogP contribution in [0.4, 0.5) is 39.5 Å². The molecule has 0 saturated heterocycles. The second-order valence-corrected chi connectivity index (χ2v) is 16.3. The fraction of sp³-hybridized carbons (Fsp3) is 0.143. The molecule has 9 aromatic rings. The summed E-state index contributed by atoms with van der Waals surface area (Å²) in [6.07, 6.45) is -11.9. The zero-order valence-corrected chi connectivity index (χ0v) is 35.0. The molecule has 0 N–H and O–H groups in total. The lowest BCUT2D eigenvalue weighted by Crippen LogP contribution is -2.22. The Bertz CT molecular complexity index is 2600. The largest absolute Gasteiger partial charge is 0.426 e. The standard InChI is InChI=1S/C14H10F3N2OS.2C14H9F3N2OS/c1-19-8-18-13(20-19)11-7-10(9-5-3-2-4-6-9)12(21-11)14(15,16)17;1-8-18-13(19-20-8)11-7-10(9-5-3-2-4-6-9)12(21-11)14(15,16)17;1-8-18-13(20-19-8)11-7-10(9-5-3-2-4-6-9)12(21-11)14(15,16)17/h2-8H,1H3;2*2-7H,1H3/q+1;;. The molecule has 0 aliphatic carbocycles. The summed E-state index contributed by atoms with van der Waals surface area (Å²) in [5.74, 6) is 1.15. The summed E-state index contributed by atoms with van der Waals surface area (Å²) >= 11 is 1.86. The molecule has 0 aliphatic rings. The summed E-state index contributed by atoms with van der Waals surface area (Å²) < 4.78 is 135. The number of thiophene rings is 3. The molecule has 0 spiro atoms. The average molecular weight is 932 g/mol. The van der Waals surface area contributed by atoms with Crippen LogP contribution in [-0.4, -0.2) is 25.3 Å². The maximum Gasteiger partial charge on any atom is 0.426 e. The van der Waals surface area contributed by atoms with Gasteiger partial charge in [0.05, 0.1) is 9.75 Å². The maximum atomic E-state index is 13.2. The molecule has 0 aliphatic heterocycles. The van der Waals surface area contributed by atoms with Gasteiger partial charge in [-0.3, -0.25) is 4.52 Å². The van der Waals surface area contributed by atoms with E-state index in [9.17, 15) is 39.5 Å². The van der Waals surface area contributed by atoms with Gasteiger partial charge in [-0.2, -0.15) is 49.5 Å². The van der Waals surface area contributed by atoms with Gasteiger partial charge in [-0.15, -0.1) is 34.0 Å². The van der Waals surface area contributed by atoms with E-state index < -0.39 is 33.2 Å². The van der Waals surface area contributed by atoms with E-state index >= 15 is 0 Å². The third-order valence-corrected chi connectivity index (χ3v) is 12.0. The van der Waals surface area contributed by atoms with Crippen molar-refractivity contribution >= 4 is 34.0 Å². The van der Waals surface area contributed by atoms with Gasteiger partial charge < -0.3 is 9.05 Å². The van der Waals surface area contributed by atoms with Gasteiger partial charge in [-0.25, -0.2) is 0 Å². The molecule has 6 aromatic heterocycles. The lowest BCUT2D eigenvalue weighted by molar-refractivity contribution is -0.844. The predicted molar refractivity (Wildman–Crippen MR) is 217 cm³/mol. The topological polar surface area (TPSA) is 108 Å². The second kappa shape index (κ2) is 18.1. The van der Waals surface area contributed by atoms with Gasteiger partial charge in [0.2, 0.25) is 11.7 Å². The molecule has 0 atom stereocenters. The lowest BCUT2D eigenvalue weighted by Gasteiger charge is -2.07. The number of alkyl halides is 9. The van der Waals surface area contributed by atoms with Gasteiger partial charge in [-0.05, 0) is 46.8 Å². The summed E-state index contributed by atoms with van der Waals surface area (Å²) in [5, 5.41) is 7.28. The second-order valence-electron chi connectivity index (χ2n) is 13.1. The van der Waals surface area contributed by atoms with E-state index in [1.54, 1.807) is 112 Å². The van der Waals surface area contributed by atoms with Crippen molar-refractivity contribution in [1.82, 2.24) is 25.3 Å². The van der Waals surface area contributed by atoms with E-state index in [4.69, 9.17) is 13.6 Å². The highest BCUT2D eigenvalue weighted by molar-refractivity contribution is 7.16. The molecule has 3 aromatic carbocycles. The van der Waals surface area contributed by atoms with Gasteiger partial charge >= 0.3 is 30.7 Å². The van der Waals surface area contributed by atoms with Gasteiger partial charge in [0.15, 0.2) is 5.82 Å². The predicted octanol–water partition coefficient (Wildman–Crippen LogP) is 13.5. The minimum atomic E-state index is -4.43. The van der Waals surface area contributed by atoms with Gasteiger partial charge in [-0.1, -0.05) is 106 Å². The molecule has 6 heterocycles. The minimum Gasteiger partial charge on any atom is -0.339 e. The number of rotatable bonds is 6. The van der Waals surface area contributed by atoms with Crippen molar-refractivity contribution in [2.75, 3.05) is 0 Å². The van der Waals surface area contributed by atoms with Crippen LogP contribution in [0.15, 0.2) is 129 Å². The average Bonchev–Trinajstić information content (AvgIpc) is 4.10. The highest BCUT2D eigenvalue weighted by Crippen LogP contribution is 2.48. The zero-order chi connectivity index (χ0) is 45.1. The molecule has 0 unspecified atom stereocenters. The van der Waals surface area contributed by atoms with E-state index in [0.29, 0.717) is 77.0 Å². The first kappa shape index (κ1) is 44.6. The minimum absolute atomic E-state index is 0.102. The highest BCUT2D eigenvalue weighted by atomic mass is 32.1. The third kappa shape index (κ3) is 10.6. The SMILES string of the molecule is C[n+]1cnc(-c2cc(-c3ccccc3)c(C(F)(F)F)s2)o1.Cc1nc(-c2cc(-c3ccccc3)c(C(F)(F)F)s2)no1.Cc1noc(-c2cc(-c3ccccc3)c(C(F)(F)F)s2)n1. The van der Waals surface area contributed by atoms with Crippen LogP contribution in [-0.2, 0) is 25.6 Å². The summed E-state index contributed by atoms with van der Waals surface area (Å²) in [4.78, 5) is 10.9. The molecule has 0 bridgehead atoms. The van der Waals surface area contributed by atoms with Crippen LogP contribution in [0.25, 0.3) is 65.6 Å². The number of halogens is 9. The van der Waals surface area contributed by atoms with Crippen LogP contribution < -0.4 is 4.74 Å². The van der Waals surface area contributed by atoms with E-state index in [-0.39, 0.29) is 34.3 Å². The lowest BCUT2D eigenvalue weighted by atomic mass is 10.1. The van der Waals surface area contributed by atoms with Gasteiger partial charge in [0.25, 0.3) is 5.89 Å². The normalized spacial score (nSPS) is 11.8. The van der Waals surface area contributed by atoms with Crippen molar-refractivity contribution in [2.45, 2.75) is 32.4 Å². The van der Waals surface area contributed by atoms with Crippen LogP contribution >= 0.6 is 34.0 Å². The molecule has 63 heavy (non-hydrogen) atoms. The first-order valence-electron chi connectivity index (χ1n) is 18.1. The third-order valence-electron chi connectivity index (χ3n) is 8.49. The molecule has 0 fully saturated rings. The molecule has 324 valence electrons. The first-order chi connectivity index (χ1) is 29.8. The summed E-state index contributed by atoms with van der Waals surface area (Å²) in [7, 11) is 1.62. The summed E-state index contributed by atoms with van der Waals surface area (Å²) in [5.41, 5.74) is 1.92. The Labute approximate surface area is 362 Å². The summed E-state index contributed by atoms with van der Waals surface area (Å²) in [6, 6.07) is 29.7. The molecular weight excluding hydrogens is 904 g/mol. The van der Waals surface area contributed by atoms with Gasteiger partial charge in [0, 0.05) is 23.6 Å². The van der Waals surface area contributed by atoms with Gasteiger partial charge in [0.1, 0.15) is 26.6 Å². The van der Waals surface area contributed by atoms with E-state index in [1.165, 1.54) is 29.3 Å². The number of hydrogen-bond donors (Lipinski definition) is 0. The Balaban J connectivity index is 0.000000142. The quantitative estimate of drug-likeness (QED) is 0.120. The molecule has 0 saturated carbocycles. The van der Waals surface area contributed by atoms with Crippen LogP contribution in [0.3, 0.4) is 0 Å².